The van der Waals surface area contributed by atoms with E-state index in [0.717, 1.165) is 16.3 Å². The van der Waals surface area contributed by atoms with E-state index >= 15 is 0 Å². The number of hydrogen-bond donors (Lipinski definition) is 1. The molecular formula is C14H23ClN2. The van der Waals surface area contributed by atoms with Crippen molar-refractivity contribution >= 4 is 17.3 Å². The number of hydrogen-bond acceptors (Lipinski definition) is 2. The Morgan fingerprint density at radius 3 is 2.18 bits per heavy atom. The zero-order valence-corrected chi connectivity index (χ0v) is 12.1. The van der Waals surface area contributed by atoms with Crippen LogP contribution in [-0.4, -0.2) is 13.1 Å². The number of nitrogens with zero attached hydrogens (tertiary/aromatic N) is 1. The maximum absolute atomic E-state index is 6.32. The fourth-order valence-electron chi connectivity index (χ4n) is 1.76. The van der Waals surface area contributed by atoms with Crippen molar-refractivity contribution in [3.05, 3.63) is 28.8 Å². The third kappa shape index (κ3) is 3.36. The molecule has 0 aliphatic heterocycles. The summed E-state index contributed by atoms with van der Waals surface area (Å²) in [6.45, 7) is 8.60. The van der Waals surface area contributed by atoms with Crippen molar-refractivity contribution in [2.75, 3.05) is 11.9 Å². The summed E-state index contributed by atoms with van der Waals surface area (Å²) >= 11 is 6.32. The Morgan fingerprint density at radius 2 is 1.76 bits per heavy atom. The first-order chi connectivity index (χ1) is 7.84. The van der Waals surface area contributed by atoms with Crippen LogP contribution in [0.3, 0.4) is 0 Å². The molecule has 0 aromatic heterocycles. The normalized spacial score (nSPS) is 14.8. The van der Waals surface area contributed by atoms with E-state index in [1.54, 1.807) is 0 Å². The van der Waals surface area contributed by atoms with Crippen molar-refractivity contribution in [2.45, 2.75) is 39.8 Å². The molecule has 0 aliphatic carbocycles. The molecule has 0 aliphatic rings. The Kier molecular flexibility index (Phi) is 4.84. The highest BCUT2D eigenvalue weighted by molar-refractivity contribution is 6.33. The molecule has 0 radical (unpaired) electrons. The minimum absolute atomic E-state index is 0.0226. The molecule has 0 fully saturated rings. The van der Waals surface area contributed by atoms with Gasteiger partial charge in [0, 0.05) is 19.1 Å². The predicted octanol–water partition coefficient (Wildman–Crippen LogP) is 3.84. The molecule has 0 amide bonds. The summed E-state index contributed by atoms with van der Waals surface area (Å²) < 4.78 is 0. The van der Waals surface area contributed by atoms with Crippen LogP contribution in [0.15, 0.2) is 18.2 Å². The highest BCUT2D eigenvalue weighted by atomic mass is 35.5. The molecule has 0 saturated heterocycles. The van der Waals surface area contributed by atoms with Crippen LogP contribution in [0, 0.1) is 5.92 Å². The molecule has 0 saturated carbocycles. The van der Waals surface area contributed by atoms with Crippen molar-refractivity contribution in [1.29, 1.82) is 0 Å². The zero-order valence-electron chi connectivity index (χ0n) is 11.4. The third-order valence-electron chi connectivity index (χ3n) is 3.45. The van der Waals surface area contributed by atoms with Crippen molar-refractivity contribution in [1.82, 2.24) is 0 Å². The van der Waals surface area contributed by atoms with E-state index < -0.39 is 0 Å². The van der Waals surface area contributed by atoms with Crippen molar-refractivity contribution < 1.29 is 0 Å². The lowest BCUT2D eigenvalue weighted by molar-refractivity contribution is 0.505. The summed E-state index contributed by atoms with van der Waals surface area (Å²) in [7, 11) is 2.08. The molecule has 2 nitrogen and oxygen atoms in total. The molecule has 3 heteroatoms. The van der Waals surface area contributed by atoms with Gasteiger partial charge in [-0.2, -0.15) is 0 Å². The lowest BCUT2D eigenvalue weighted by Gasteiger charge is -2.31. The number of rotatable bonds is 4. The Bertz CT molecular complexity index is 374. The van der Waals surface area contributed by atoms with Crippen LogP contribution in [0.25, 0.3) is 0 Å². The van der Waals surface area contributed by atoms with Gasteiger partial charge in [0.2, 0.25) is 0 Å². The van der Waals surface area contributed by atoms with E-state index in [9.17, 15) is 0 Å². The first-order valence-corrected chi connectivity index (χ1v) is 6.50. The molecule has 1 aromatic rings. The third-order valence-corrected chi connectivity index (χ3v) is 3.76. The van der Waals surface area contributed by atoms with Gasteiger partial charge in [0.25, 0.3) is 0 Å². The average molecular weight is 255 g/mol. The van der Waals surface area contributed by atoms with Gasteiger partial charge >= 0.3 is 0 Å². The van der Waals surface area contributed by atoms with E-state index in [1.807, 2.05) is 13.0 Å². The summed E-state index contributed by atoms with van der Waals surface area (Å²) in [5.41, 5.74) is 7.98. The van der Waals surface area contributed by atoms with Crippen LogP contribution in [-0.2, 0) is 0 Å². The number of benzene rings is 1. The molecule has 1 unspecified atom stereocenters. The molecule has 1 aromatic carbocycles. The molecule has 0 spiro atoms. The zero-order chi connectivity index (χ0) is 13.2. The average Bonchev–Trinajstić information content (AvgIpc) is 2.26. The van der Waals surface area contributed by atoms with Gasteiger partial charge in [-0.25, -0.2) is 0 Å². The Morgan fingerprint density at radius 1 is 1.18 bits per heavy atom. The Labute approximate surface area is 110 Å². The Hall–Kier alpha value is -0.730. The van der Waals surface area contributed by atoms with Crippen molar-refractivity contribution in [2.24, 2.45) is 11.7 Å². The second kappa shape index (κ2) is 5.74. The van der Waals surface area contributed by atoms with E-state index in [4.69, 9.17) is 17.3 Å². The van der Waals surface area contributed by atoms with Crippen LogP contribution in [0.4, 0.5) is 5.69 Å². The van der Waals surface area contributed by atoms with Crippen LogP contribution in [0.2, 0.25) is 5.02 Å². The van der Waals surface area contributed by atoms with Gasteiger partial charge in [-0.15, -0.1) is 0 Å². The lowest BCUT2D eigenvalue weighted by atomic mass is 10.0. The lowest BCUT2D eigenvalue weighted by Crippen LogP contribution is -2.33. The molecule has 2 atom stereocenters. The summed E-state index contributed by atoms with van der Waals surface area (Å²) in [6.07, 6.45) is 0. The molecular weight excluding hydrogens is 232 g/mol. The first kappa shape index (κ1) is 14.3. The quantitative estimate of drug-likeness (QED) is 0.885. The second-order valence-electron chi connectivity index (χ2n) is 5.10. The summed E-state index contributed by atoms with van der Waals surface area (Å²) in [6, 6.07) is 6.54. The van der Waals surface area contributed by atoms with Crippen LogP contribution in [0.5, 0.6) is 0 Å². The summed E-state index contributed by atoms with van der Waals surface area (Å²) in [5, 5.41) is 0.773. The maximum atomic E-state index is 6.32. The fourth-order valence-corrected chi connectivity index (χ4v) is 2.08. The highest BCUT2D eigenvalue weighted by Gasteiger charge is 2.16. The van der Waals surface area contributed by atoms with Crippen LogP contribution < -0.4 is 10.6 Å². The minimum atomic E-state index is 0.0226. The molecule has 1 rings (SSSR count). The largest absolute Gasteiger partial charge is 0.370 e. The monoisotopic (exact) mass is 254 g/mol. The predicted molar refractivity (Wildman–Crippen MR) is 76.8 cm³/mol. The fraction of sp³-hybridized carbons (Fsp3) is 0.571. The van der Waals surface area contributed by atoms with E-state index in [2.05, 4.69) is 44.9 Å². The topological polar surface area (TPSA) is 29.3 Å². The smallest absolute Gasteiger partial charge is 0.0642 e. The van der Waals surface area contributed by atoms with Gasteiger partial charge in [-0.1, -0.05) is 31.5 Å². The van der Waals surface area contributed by atoms with E-state index in [1.165, 1.54) is 0 Å². The van der Waals surface area contributed by atoms with E-state index in [0.29, 0.717) is 12.0 Å². The van der Waals surface area contributed by atoms with Gasteiger partial charge in [0.15, 0.2) is 0 Å². The maximum Gasteiger partial charge on any atom is 0.0642 e. The number of nitrogens with two attached hydrogens (primary N) is 1. The molecule has 0 heterocycles. The summed E-state index contributed by atoms with van der Waals surface area (Å²) in [5.74, 6) is 0.587. The molecule has 17 heavy (non-hydrogen) atoms. The molecule has 96 valence electrons. The second-order valence-corrected chi connectivity index (χ2v) is 5.50. The Balaban J connectivity index is 2.99. The van der Waals surface area contributed by atoms with Crippen molar-refractivity contribution in [3.8, 4) is 0 Å². The van der Waals surface area contributed by atoms with Crippen LogP contribution in [0.1, 0.15) is 39.3 Å². The van der Waals surface area contributed by atoms with Crippen molar-refractivity contribution in [3.63, 3.8) is 0 Å². The SMILES string of the molecule is CC(C)C(C)N(C)c1ccc([C@@H](C)N)cc1Cl. The minimum Gasteiger partial charge on any atom is -0.370 e. The number of halogens is 1. The standard InChI is InChI=1S/C14H23ClN2/c1-9(2)11(4)17(5)14-7-6-12(10(3)16)8-13(14)15/h6-11H,16H2,1-5H3/t10-,11?/m1/s1. The van der Waals surface area contributed by atoms with Gasteiger partial charge in [-0.05, 0) is 37.5 Å². The molecule has 2 N–H and O–H groups in total. The van der Waals surface area contributed by atoms with Gasteiger partial charge in [0.05, 0.1) is 10.7 Å². The van der Waals surface area contributed by atoms with Gasteiger partial charge < -0.3 is 10.6 Å². The number of anilines is 1. The van der Waals surface area contributed by atoms with Gasteiger partial charge in [-0.3, -0.25) is 0 Å². The molecule has 0 bridgehead atoms. The van der Waals surface area contributed by atoms with Crippen LogP contribution >= 0.6 is 11.6 Å². The summed E-state index contributed by atoms with van der Waals surface area (Å²) in [4.78, 5) is 2.22. The van der Waals surface area contributed by atoms with Gasteiger partial charge in [0.1, 0.15) is 0 Å². The first-order valence-electron chi connectivity index (χ1n) is 6.12. The highest BCUT2D eigenvalue weighted by Crippen LogP contribution is 2.30. The van der Waals surface area contributed by atoms with E-state index in [-0.39, 0.29) is 6.04 Å².